The number of carbonyl (C=O) groups is 7. The molecule has 0 aliphatic heterocycles. The Bertz CT molecular complexity index is 1590. The molecule has 3 amide bonds. The van der Waals surface area contributed by atoms with Gasteiger partial charge in [0.05, 0.1) is 18.1 Å². The molecule has 7 atom stereocenters. The number of primary amides is 1. The Labute approximate surface area is 425 Å². The third-order valence-electron chi connectivity index (χ3n) is 11.4. The maximum Gasteiger partial charge on any atom is 0.312 e. The van der Waals surface area contributed by atoms with E-state index >= 15 is 0 Å². The number of hydrogen-bond donors (Lipinski definition) is 6. The van der Waals surface area contributed by atoms with E-state index in [0.29, 0.717) is 44.9 Å². The highest BCUT2D eigenvalue weighted by atomic mass is 31.0. The first-order valence-electron chi connectivity index (χ1n) is 25.8. The van der Waals surface area contributed by atoms with Gasteiger partial charge in [-0.25, -0.2) is 4.79 Å². The molecule has 0 heterocycles. The second kappa shape index (κ2) is 31.1. The number of nitrogens with one attached hydrogen (secondary N) is 4. The summed E-state index contributed by atoms with van der Waals surface area (Å²) in [7, 11) is 2.63. The molecule has 0 saturated heterocycles. The maximum absolute atomic E-state index is 12.9. The maximum atomic E-state index is 12.9. The molecule has 13 nitrogen and oxygen atoms in total. The summed E-state index contributed by atoms with van der Waals surface area (Å²) < 4.78 is 0. The molecule has 14 heteroatoms. The lowest BCUT2D eigenvalue weighted by Gasteiger charge is -2.31. The van der Waals surface area contributed by atoms with Crippen molar-refractivity contribution in [1.29, 1.82) is 0 Å². The summed E-state index contributed by atoms with van der Waals surface area (Å²) in [5.41, 5.74) is 9.06. The van der Waals surface area contributed by atoms with Gasteiger partial charge in [-0.3, -0.25) is 28.8 Å². The van der Waals surface area contributed by atoms with Gasteiger partial charge in [0, 0.05) is 64.5 Å². The largest absolute Gasteiger partial charge is 0.352 e. The number of nitrogens with two attached hydrogens (primary N) is 2. The van der Waals surface area contributed by atoms with Gasteiger partial charge in [-0.1, -0.05) is 124 Å². The van der Waals surface area contributed by atoms with E-state index in [9.17, 15) is 33.6 Å². The first kappa shape index (κ1) is 70.7. The zero-order valence-corrected chi connectivity index (χ0v) is 49.6. The van der Waals surface area contributed by atoms with E-state index in [-0.39, 0.29) is 98.4 Å². The number of amides is 3. The highest BCUT2D eigenvalue weighted by Crippen LogP contribution is 2.31. The molecule has 8 N–H and O–H groups in total. The van der Waals surface area contributed by atoms with E-state index in [4.69, 9.17) is 11.5 Å². The molecule has 0 saturated carbocycles. The number of unbranched alkanes of at least 4 members (excludes halogenated alkanes) is 1. The van der Waals surface area contributed by atoms with Crippen molar-refractivity contribution < 1.29 is 33.6 Å². The van der Waals surface area contributed by atoms with Crippen LogP contribution in [0.2, 0.25) is 0 Å². The molecule has 0 aromatic carbocycles. The Morgan fingerprint density at radius 1 is 0.551 bits per heavy atom. The van der Waals surface area contributed by atoms with Gasteiger partial charge in [-0.2, -0.15) is 0 Å². The summed E-state index contributed by atoms with van der Waals surface area (Å²) in [6, 6.07) is -1.55. The number of Topliss-reactive ketones (excluding diaryl/α,β-unsaturated/α-hetero) is 5. The van der Waals surface area contributed by atoms with Gasteiger partial charge >= 0.3 is 6.03 Å². The minimum atomic E-state index is -0.585. The van der Waals surface area contributed by atoms with Gasteiger partial charge in [0.15, 0.2) is 17.3 Å². The molecule has 0 bridgehead atoms. The highest BCUT2D eigenvalue weighted by Gasteiger charge is 2.36. The summed E-state index contributed by atoms with van der Waals surface area (Å²) in [6.07, 6.45) is 5.65. The SMILES string of the molecule is CC(C)(C)NC(CP)C(=O)CC(CCCCN)C(=O)C(C)(C)C.CC(C)C(CC(C)(C)C)C(=O)NC(CCCNC(N)=O)C(=O)C(C)(C)C.CC(CC(=O)C(NC(C)(C)C)C(C)C)C(=O)C(C)(C)C. The second-order valence-electron chi connectivity index (χ2n) is 26.5. The van der Waals surface area contributed by atoms with Gasteiger partial charge < -0.3 is 32.7 Å². The molecule has 0 aliphatic rings. The van der Waals surface area contributed by atoms with Gasteiger partial charge in [0.1, 0.15) is 11.6 Å². The molecular weight excluding hydrogens is 888 g/mol. The summed E-state index contributed by atoms with van der Waals surface area (Å²) >= 11 is 0. The lowest BCUT2D eigenvalue weighted by atomic mass is 9.78. The fourth-order valence-corrected chi connectivity index (χ4v) is 8.26. The third-order valence-corrected chi connectivity index (χ3v) is 11.9. The number of carbonyl (C=O) groups excluding carboxylic acids is 7. The third kappa shape index (κ3) is 33.6. The summed E-state index contributed by atoms with van der Waals surface area (Å²) in [4.78, 5) is 86.5. The van der Waals surface area contributed by atoms with Crippen LogP contribution in [0.3, 0.4) is 0 Å². The Hall–Kier alpha value is -2.60. The number of ketones is 5. The molecule has 7 unspecified atom stereocenters. The summed E-state index contributed by atoms with van der Waals surface area (Å²) in [5, 5.41) is 12.2. The predicted octanol–water partition coefficient (Wildman–Crippen LogP) is 9.79. The summed E-state index contributed by atoms with van der Waals surface area (Å²) in [5.74, 6) is 0.392. The molecule has 0 rings (SSSR count). The topological polar surface area (TPSA) is 220 Å². The van der Waals surface area contributed by atoms with Gasteiger partial charge in [0.25, 0.3) is 0 Å². The van der Waals surface area contributed by atoms with Crippen LogP contribution in [0.25, 0.3) is 0 Å². The Balaban J connectivity index is -0.000000955. The molecule has 0 aliphatic carbocycles. The van der Waals surface area contributed by atoms with Crippen molar-refractivity contribution in [2.75, 3.05) is 19.3 Å². The second-order valence-corrected chi connectivity index (χ2v) is 26.9. The highest BCUT2D eigenvalue weighted by molar-refractivity contribution is 7.16. The van der Waals surface area contributed by atoms with Gasteiger partial charge in [-0.15, -0.1) is 9.24 Å². The molecule has 0 fully saturated rings. The van der Waals surface area contributed by atoms with Crippen LogP contribution in [0.5, 0.6) is 0 Å². The van der Waals surface area contributed by atoms with Crippen LogP contribution in [0.4, 0.5) is 4.79 Å². The van der Waals surface area contributed by atoms with E-state index in [0.717, 1.165) is 25.7 Å². The number of urea groups is 1. The van der Waals surface area contributed by atoms with Crippen molar-refractivity contribution in [3.05, 3.63) is 0 Å². The fourth-order valence-electron chi connectivity index (χ4n) is 7.88. The average molecular weight is 997 g/mol. The van der Waals surface area contributed by atoms with Crippen LogP contribution in [0, 0.1) is 51.2 Å². The predicted molar refractivity (Wildman–Crippen MR) is 292 cm³/mol. The smallest absolute Gasteiger partial charge is 0.312 e. The quantitative estimate of drug-likeness (QED) is 0.0376. The zero-order valence-electron chi connectivity index (χ0n) is 48.5. The molecule has 0 aromatic rings. The monoisotopic (exact) mass is 997 g/mol. The lowest BCUT2D eigenvalue weighted by Crippen LogP contribution is -2.51. The summed E-state index contributed by atoms with van der Waals surface area (Å²) in [6.45, 7) is 46.7. The zero-order chi connectivity index (χ0) is 55.3. The Morgan fingerprint density at radius 2 is 1.03 bits per heavy atom. The van der Waals surface area contributed by atoms with Crippen molar-refractivity contribution in [3.8, 4) is 0 Å². The van der Waals surface area contributed by atoms with E-state index in [1.165, 1.54) is 0 Å². The van der Waals surface area contributed by atoms with Crippen molar-refractivity contribution in [2.45, 2.75) is 240 Å². The minimum absolute atomic E-state index is 0.00295. The van der Waals surface area contributed by atoms with Crippen LogP contribution < -0.4 is 32.7 Å². The first-order chi connectivity index (χ1) is 30.8. The Morgan fingerprint density at radius 3 is 1.39 bits per heavy atom. The fraction of sp³-hybridized carbons (Fsp3) is 0.873. The molecule has 0 radical (unpaired) electrons. The molecule has 0 aromatic heterocycles. The van der Waals surface area contributed by atoms with Crippen LogP contribution >= 0.6 is 9.24 Å². The molecule has 69 heavy (non-hydrogen) atoms. The molecular formula is C55H109N6O7P. The van der Waals surface area contributed by atoms with E-state index < -0.39 is 22.9 Å². The normalized spacial score (nSPS) is 15.3. The van der Waals surface area contributed by atoms with Crippen LogP contribution in [0.15, 0.2) is 0 Å². The Kier molecular flexibility index (Phi) is 31.8. The minimum Gasteiger partial charge on any atom is -0.352 e. The van der Waals surface area contributed by atoms with Gasteiger partial charge in [-0.05, 0) is 104 Å². The van der Waals surface area contributed by atoms with E-state index in [1.807, 2.05) is 118 Å². The van der Waals surface area contributed by atoms with Crippen molar-refractivity contribution in [2.24, 2.45) is 62.7 Å². The number of rotatable bonds is 25. The van der Waals surface area contributed by atoms with Crippen molar-refractivity contribution in [1.82, 2.24) is 21.3 Å². The number of hydrogen-bond acceptors (Lipinski definition) is 10. The van der Waals surface area contributed by atoms with Crippen molar-refractivity contribution >= 4 is 50.1 Å². The standard InChI is InChI=1S/C20H39N3O3.C18H37N2O2P.C17H33NO2/c1-13(2)14(12-19(3,4)5)17(25)23-15(16(24)20(6,7)8)10-9-11-22-18(21)26;1-17(2,3)16(22)13(9-7-8-10-19)11-15(21)14(12-23)20-18(4,5)6;1-11(2)14(18-17(7,8)9)13(19)10-12(3)15(20)16(4,5)6/h13-15H,9-12H2,1-8H3,(H,23,25)(H3,21,22,26);13-14,20H,7-12,19,23H2,1-6H3;11-12,14,18H,10H2,1-9H3. The average Bonchev–Trinajstić information content (AvgIpc) is 3.15. The van der Waals surface area contributed by atoms with Gasteiger partial charge in [0.2, 0.25) is 5.91 Å². The van der Waals surface area contributed by atoms with Crippen molar-refractivity contribution in [3.63, 3.8) is 0 Å². The van der Waals surface area contributed by atoms with Crippen LogP contribution in [-0.4, -0.2) is 89.3 Å². The molecule has 406 valence electrons. The molecule has 0 spiro atoms. The first-order valence-corrected chi connectivity index (χ1v) is 26.6. The van der Waals surface area contributed by atoms with E-state index in [2.05, 4.69) is 72.0 Å². The lowest BCUT2D eigenvalue weighted by molar-refractivity contribution is -0.135. The van der Waals surface area contributed by atoms with E-state index in [1.54, 1.807) is 0 Å². The van der Waals surface area contributed by atoms with Crippen LogP contribution in [-0.2, 0) is 28.8 Å². The van der Waals surface area contributed by atoms with Crippen LogP contribution in [0.1, 0.15) is 211 Å².